The van der Waals surface area contributed by atoms with Gasteiger partial charge in [0, 0.05) is 23.4 Å². The number of rotatable bonds is 3. The Morgan fingerprint density at radius 2 is 2.38 bits per heavy atom. The molecule has 0 aliphatic heterocycles. The summed E-state index contributed by atoms with van der Waals surface area (Å²) in [6, 6.07) is 0. The van der Waals surface area contributed by atoms with Crippen LogP contribution < -0.4 is 5.73 Å². The van der Waals surface area contributed by atoms with Gasteiger partial charge in [-0.2, -0.15) is 5.10 Å². The van der Waals surface area contributed by atoms with Gasteiger partial charge >= 0.3 is 0 Å². The van der Waals surface area contributed by atoms with Crippen molar-refractivity contribution in [2.45, 2.75) is 36.3 Å². The smallest absolute Gasteiger partial charge is 0.0625 e. The molecule has 1 aromatic rings. The van der Waals surface area contributed by atoms with E-state index in [4.69, 9.17) is 5.73 Å². The average molecular weight is 239 g/mol. The molecule has 16 heavy (non-hydrogen) atoms. The van der Waals surface area contributed by atoms with Crippen molar-refractivity contribution < 1.29 is 0 Å². The van der Waals surface area contributed by atoms with Crippen LogP contribution in [-0.2, 0) is 7.05 Å². The third kappa shape index (κ3) is 2.80. The van der Waals surface area contributed by atoms with Gasteiger partial charge in [0.1, 0.15) is 0 Å². The zero-order valence-corrected chi connectivity index (χ0v) is 10.9. The highest BCUT2D eigenvalue weighted by molar-refractivity contribution is 8.00. The molecule has 4 heteroatoms. The van der Waals surface area contributed by atoms with E-state index in [9.17, 15) is 0 Å². The van der Waals surface area contributed by atoms with Gasteiger partial charge in [-0.1, -0.05) is 13.3 Å². The number of hydrogen-bond donors (Lipinski definition) is 1. The number of hydrogen-bond acceptors (Lipinski definition) is 3. The molecule has 1 aromatic heterocycles. The van der Waals surface area contributed by atoms with E-state index in [1.165, 1.54) is 24.2 Å². The Hall–Kier alpha value is -0.480. The molecule has 1 aliphatic rings. The SMILES string of the molecule is CC1CCC(CN)C(Sc2cnn(C)c2)C1. The van der Waals surface area contributed by atoms with E-state index in [2.05, 4.69) is 18.2 Å². The van der Waals surface area contributed by atoms with Crippen LogP contribution in [0.3, 0.4) is 0 Å². The Morgan fingerprint density at radius 3 is 3.00 bits per heavy atom. The highest BCUT2D eigenvalue weighted by Gasteiger charge is 2.28. The quantitative estimate of drug-likeness (QED) is 0.880. The van der Waals surface area contributed by atoms with Crippen LogP contribution in [0, 0.1) is 11.8 Å². The highest BCUT2D eigenvalue weighted by atomic mass is 32.2. The molecule has 2 rings (SSSR count). The normalized spacial score (nSPS) is 30.6. The molecule has 0 saturated heterocycles. The monoisotopic (exact) mass is 239 g/mol. The summed E-state index contributed by atoms with van der Waals surface area (Å²) in [4.78, 5) is 1.28. The van der Waals surface area contributed by atoms with Gasteiger partial charge in [-0.15, -0.1) is 11.8 Å². The Bertz CT molecular complexity index is 337. The summed E-state index contributed by atoms with van der Waals surface area (Å²) >= 11 is 1.96. The van der Waals surface area contributed by atoms with Crippen molar-refractivity contribution in [2.75, 3.05) is 6.54 Å². The molecule has 0 spiro atoms. The molecule has 0 amide bonds. The summed E-state index contributed by atoms with van der Waals surface area (Å²) in [5, 5.41) is 4.90. The molecular weight excluding hydrogens is 218 g/mol. The molecule has 0 aromatic carbocycles. The van der Waals surface area contributed by atoms with E-state index >= 15 is 0 Å². The predicted octanol–water partition coefficient (Wildman–Crippen LogP) is 2.28. The fourth-order valence-corrected chi connectivity index (χ4v) is 3.98. The molecule has 3 atom stereocenters. The lowest BCUT2D eigenvalue weighted by molar-refractivity contribution is 0.306. The van der Waals surface area contributed by atoms with Crippen molar-refractivity contribution >= 4 is 11.8 Å². The van der Waals surface area contributed by atoms with Gasteiger partial charge in [0.05, 0.1) is 6.20 Å². The fourth-order valence-electron chi connectivity index (χ4n) is 2.44. The molecule has 1 aliphatic carbocycles. The van der Waals surface area contributed by atoms with Crippen LogP contribution in [0.25, 0.3) is 0 Å². The molecule has 3 unspecified atom stereocenters. The average Bonchev–Trinajstić information content (AvgIpc) is 2.64. The maximum Gasteiger partial charge on any atom is 0.0625 e. The van der Waals surface area contributed by atoms with Crippen molar-refractivity contribution in [1.82, 2.24) is 9.78 Å². The number of thioether (sulfide) groups is 1. The molecule has 3 nitrogen and oxygen atoms in total. The first-order chi connectivity index (χ1) is 7.69. The first kappa shape index (κ1) is 12.0. The number of aryl methyl sites for hydroxylation is 1. The molecule has 1 fully saturated rings. The van der Waals surface area contributed by atoms with E-state index in [1.807, 2.05) is 29.7 Å². The van der Waals surface area contributed by atoms with E-state index in [0.29, 0.717) is 11.2 Å². The standard InChI is InChI=1S/C12H21N3S/c1-9-3-4-10(6-13)12(5-9)16-11-7-14-15(2)8-11/h7-10,12H,3-6,13H2,1-2H3. The van der Waals surface area contributed by atoms with Crippen molar-refractivity contribution in [3.8, 4) is 0 Å². The zero-order chi connectivity index (χ0) is 11.5. The van der Waals surface area contributed by atoms with Gasteiger partial charge < -0.3 is 5.73 Å². The molecule has 0 radical (unpaired) electrons. The van der Waals surface area contributed by atoms with Crippen LogP contribution in [0.5, 0.6) is 0 Å². The maximum absolute atomic E-state index is 5.86. The topological polar surface area (TPSA) is 43.8 Å². The molecule has 1 saturated carbocycles. The lowest BCUT2D eigenvalue weighted by atomic mass is 9.82. The molecular formula is C12H21N3S. The second kappa shape index (κ2) is 5.23. The molecule has 2 N–H and O–H groups in total. The van der Waals surface area contributed by atoms with E-state index < -0.39 is 0 Å². The van der Waals surface area contributed by atoms with Crippen LogP contribution in [0.15, 0.2) is 17.3 Å². The summed E-state index contributed by atoms with van der Waals surface area (Å²) in [6.45, 7) is 3.17. The Labute approximate surface area is 102 Å². The van der Waals surface area contributed by atoms with Crippen molar-refractivity contribution in [1.29, 1.82) is 0 Å². The Kier molecular flexibility index (Phi) is 3.92. The van der Waals surface area contributed by atoms with Gasteiger partial charge in [0.25, 0.3) is 0 Å². The van der Waals surface area contributed by atoms with E-state index in [1.54, 1.807) is 0 Å². The zero-order valence-electron chi connectivity index (χ0n) is 10.1. The summed E-state index contributed by atoms with van der Waals surface area (Å²) in [6.07, 6.45) is 7.97. The molecule has 90 valence electrons. The first-order valence-corrected chi connectivity index (χ1v) is 6.92. The summed E-state index contributed by atoms with van der Waals surface area (Å²) in [5.41, 5.74) is 5.86. The minimum absolute atomic E-state index is 0.679. The maximum atomic E-state index is 5.86. The number of nitrogens with zero attached hydrogens (tertiary/aromatic N) is 2. The highest BCUT2D eigenvalue weighted by Crippen LogP contribution is 2.39. The van der Waals surface area contributed by atoms with Crippen LogP contribution in [-0.4, -0.2) is 21.6 Å². The van der Waals surface area contributed by atoms with Gasteiger partial charge in [-0.3, -0.25) is 4.68 Å². The third-order valence-corrected chi connectivity index (χ3v) is 4.83. The second-order valence-electron chi connectivity index (χ2n) is 4.92. The van der Waals surface area contributed by atoms with Crippen molar-refractivity contribution in [3.63, 3.8) is 0 Å². The summed E-state index contributed by atoms with van der Waals surface area (Å²) < 4.78 is 1.87. The summed E-state index contributed by atoms with van der Waals surface area (Å²) in [7, 11) is 1.97. The lowest BCUT2D eigenvalue weighted by Gasteiger charge is -2.33. The Morgan fingerprint density at radius 1 is 1.56 bits per heavy atom. The molecule has 0 bridgehead atoms. The third-order valence-electron chi connectivity index (χ3n) is 3.46. The van der Waals surface area contributed by atoms with Gasteiger partial charge in [0.2, 0.25) is 0 Å². The van der Waals surface area contributed by atoms with Crippen LogP contribution >= 0.6 is 11.8 Å². The van der Waals surface area contributed by atoms with Crippen molar-refractivity contribution in [3.05, 3.63) is 12.4 Å². The first-order valence-electron chi connectivity index (χ1n) is 6.04. The van der Waals surface area contributed by atoms with Crippen LogP contribution in [0.2, 0.25) is 0 Å². The van der Waals surface area contributed by atoms with E-state index in [0.717, 1.165) is 12.5 Å². The second-order valence-corrected chi connectivity index (χ2v) is 6.23. The van der Waals surface area contributed by atoms with Gasteiger partial charge in [-0.25, -0.2) is 0 Å². The van der Waals surface area contributed by atoms with Crippen LogP contribution in [0.4, 0.5) is 0 Å². The number of aromatic nitrogens is 2. The lowest BCUT2D eigenvalue weighted by Crippen LogP contribution is -2.31. The van der Waals surface area contributed by atoms with Crippen molar-refractivity contribution in [2.24, 2.45) is 24.6 Å². The minimum atomic E-state index is 0.679. The fraction of sp³-hybridized carbons (Fsp3) is 0.750. The van der Waals surface area contributed by atoms with Gasteiger partial charge in [-0.05, 0) is 31.2 Å². The van der Waals surface area contributed by atoms with Crippen LogP contribution in [0.1, 0.15) is 26.2 Å². The summed E-state index contributed by atoms with van der Waals surface area (Å²) in [5.74, 6) is 1.53. The minimum Gasteiger partial charge on any atom is -0.330 e. The predicted molar refractivity (Wildman–Crippen MR) is 68.4 cm³/mol. The number of nitrogens with two attached hydrogens (primary N) is 1. The van der Waals surface area contributed by atoms with Gasteiger partial charge in [0.15, 0.2) is 0 Å². The Balaban J connectivity index is 2.00. The largest absolute Gasteiger partial charge is 0.330 e. The van der Waals surface area contributed by atoms with E-state index in [-0.39, 0.29) is 0 Å². The molecule has 1 heterocycles.